The van der Waals surface area contributed by atoms with Crippen molar-refractivity contribution in [1.29, 1.82) is 0 Å². The van der Waals surface area contributed by atoms with E-state index >= 15 is 0 Å². The molecule has 0 aromatic heterocycles. The van der Waals surface area contributed by atoms with Crippen LogP contribution in [0.1, 0.15) is 25.0 Å². The molecule has 1 N–H and O–H groups in total. The van der Waals surface area contributed by atoms with Crippen molar-refractivity contribution in [3.8, 4) is 34.5 Å². The van der Waals surface area contributed by atoms with Crippen LogP contribution < -0.4 is 14.2 Å². The van der Waals surface area contributed by atoms with E-state index in [2.05, 4.69) is 47.3 Å². The molecule has 0 fully saturated rings. The fraction of sp³-hybridized carbons (Fsp3) is 0.250. The number of rotatable bonds is 9. The van der Waals surface area contributed by atoms with Crippen molar-refractivity contribution in [3.63, 3.8) is 0 Å². The maximum absolute atomic E-state index is 14.0. The molecule has 0 unspecified atom stereocenters. The third-order valence-electron chi connectivity index (χ3n) is 6.17. The van der Waals surface area contributed by atoms with Gasteiger partial charge in [0.1, 0.15) is 0 Å². The molecule has 274 valence electrons. The fourth-order valence-corrected chi connectivity index (χ4v) is 4.98. The van der Waals surface area contributed by atoms with E-state index in [4.69, 9.17) is 37.4 Å². The molecule has 0 saturated heterocycles. The fourth-order valence-electron chi connectivity index (χ4n) is 3.71. The lowest BCUT2D eigenvalue weighted by Crippen LogP contribution is -1.99. The van der Waals surface area contributed by atoms with Gasteiger partial charge in [-0.2, -0.15) is 0 Å². The first kappa shape index (κ1) is 45.9. The summed E-state index contributed by atoms with van der Waals surface area (Å²) >= 11 is 18.8. The molecule has 0 atom stereocenters. The number of phenolic OH excluding ortho intramolecular Hbond substituents is 1. The number of sulfone groups is 2. The Morgan fingerprint density at radius 1 is 0.660 bits per heavy atom. The Bertz CT molecular complexity index is 1920. The van der Waals surface area contributed by atoms with Crippen LogP contribution in [0, 0.1) is 11.6 Å². The number of aromatic hydroxyl groups is 1. The van der Waals surface area contributed by atoms with Crippen molar-refractivity contribution in [2.75, 3.05) is 25.0 Å². The molecular formula is C32H34BBr3Cl2F2O8S2. The molecule has 50 heavy (non-hydrogen) atoms. The van der Waals surface area contributed by atoms with E-state index in [0.717, 1.165) is 48.6 Å². The lowest BCUT2D eigenvalue weighted by atomic mass is 10.1. The first-order valence-electron chi connectivity index (χ1n) is 14.2. The third kappa shape index (κ3) is 16.1. The van der Waals surface area contributed by atoms with E-state index < -0.39 is 31.3 Å². The standard InChI is InChI=1S/C16H17FO4S.C15H15FO4S.CH2Cl2.BBr3/c1-4-11-5-7-15(16(9-11)20-2)21-14-8-6-12(10-13(14)17)22(3,18)19;1-3-10-4-6-15(13(17)8-10)20-14-7-5-11(9-12(14)16)21(2,18)19;2-1-3;2-1(3)4/h5-10H,4H2,1-3H3;4-9,17H,3H2,1-2H3;1H2;. The molecule has 0 radical (unpaired) electrons. The van der Waals surface area contributed by atoms with Crippen LogP contribution in [0.25, 0.3) is 0 Å². The monoisotopic (exact) mass is 966 g/mol. The minimum Gasteiger partial charge on any atom is -0.504 e. The van der Waals surface area contributed by atoms with Gasteiger partial charge in [-0.15, -0.1) is 70.5 Å². The number of halogens is 7. The Labute approximate surface area is 327 Å². The zero-order chi connectivity index (χ0) is 38.2. The second-order valence-corrected chi connectivity index (χ2v) is 21.0. The van der Waals surface area contributed by atoms with Gasteiger partial charge in [-0.25, -0.2) is 25.6 Å². The average molecular weight is 970 g/mol. The molecule has 0 spiro atoms. The highest BCUT2D eigenvalue weighted by atomic mass is 79.9. The molecule has 0 bridgehead atoms. The van der Waals surface area contributed by atoms with E-state index in [-0.39, 0.29) is 41.3 Å². The van der Waals surface area contributed by atoms with Gasteiger partial charge in [0.2, 0.25) is 0 Å². The second kappa shape index (κ2) is 22.1. The summed E-state index contributed by atoms with van der Waals surface area (Å²) in [5.74, 6) is -0.894. The number of hydrogen-bond acceptors (Lipinski definition) is 8. The Hall–Kier alpha value is -2.08. The molecule has 0 heterocycles. The van der Waals surface area contributed by atoms with Crippen LogP contribution in [0.2, 0.25) is 0 Å². The van der Waals surface area contributed by atoms with Gasteiger partial charge in [0.05, 0.1) is 22.2 Å². The van der Waals surface area contributed by atoms with Crippen LogP contribution in [-0.2, 0) is 32.5 Å². The summed E-state index contributed by atoms with van der Waals surface area (Å²) in [5.41, 5.74) is 1.99. The van der Waals surface area contributed by atoms with Crippen LogP contribution in [0.3, 0.4) is 0 Å². The van der Waals surface area contributed by atoms with E-state index in [1.165, 1.54) is 43.5 Å². The largest absolute Gasteiger partial charge is 0.504 e. The Balaban J connectivity index is 0.000000422. The number of hydrogen-bond donors (Lipinski definition) is 1. The SMILES string of the molecule is BrB(Br)Br.CCc1ccc(Oc2ccc(S(C)(=O)=O)cc2F)c(O)c1.CCc1ccc(Oc2ccc(S(C)(=O)=O)cc2F)c(OC)c1.ClCCl. The third-order valence-corrected chi connectivity index (χ3v) is 8.39. The van der Waals surface area contributed by atoms with Gasteiger partial charge >= 0.3 is 3.18 Å². The normalized spacial score (nSPS) is 10.6. The number of benzene rings is 4. The van der Waals surface area contributed by atoms with Crippen molar-refractivity contribution in [2.24, 2.45) is 0 Å². The van der Waals surface area contributed by atoms with Crippen LogP contribution in [0.4, 0.5) is 8.78 Å². The minimum atomic E-state index is -3.48. The number of ether oxygens (including phenoxy) is 3. The molecule has 0 aliphatic carbocycles. The lowest BCUT2D eigenvalue weighted by molar-refractivity contribution is 0.370. The zero-order valence-corrected chi connectivity index (χ0v) is 35.3. The predicted octanol–water partition coefficient (Wildman–Crippen LogP) is 10.5. The molecule has 8 nitrogen and oxygen atoms in total. The number of aryl methyl sites for hydroxylation is 2. The van der Waals surface area contributed by atoms with Crippen molar-refractivity contribution < 1.29 is 44.9 Å². The molecule has 4 rings (SSSR count). The zero-order valence-electron chi connectivity index (χ0n) is 27.4. The van der Waals surface area contributed by atoms with E-state index in [1.807, 2.05) is 26.0 Å². The van der Waals surface area contributed by atoms with Crippen LogP contribution >= 0.6 is 70.5 Å². The summed E-state index contributed by atoms with van der Waals surface area (Å²) in [5, 5.41) is 10.0. The second-order valence-electron chi connectivity index (χ2n) is 9.78. The van der Waals surface area contributed by atoms with Gasteiger partial charge < -0.3 is 19.3 Å². The van der Waals surface area contributed by atoms with Gasteiger partial charge in [-0.3, -0.25) is 0 Å². The summed E-state index contributed by atoms with van der Waals surface area (Å²) in [7, 11) is -5.43. The highest BCUT2D eigenvalue weighted by molar-refractivity contribution is 9.69. The molecule has 4 aromatic rings. The van der Waals surface area contributed by atoms with Crippen LogP contribution in [-0.4, -0.2) is 50.1 Å². The highest BCUT2D eigenvalue weighted by Gasteiger charge is 2.15. The van der Waals surface area contributed by atoms with Crippen molar-refractivity contribution in [2.45, 2.75) is 36.5 Å². The van der Waals surface area contributed by atoms with Gasteiger partial charge in [-0.1, -0.05) is 26.0 Å². The van der Waals surface area contributed by atoms with Crippen LogP contribution in [0.5, 0.6) is 34.5 Å². The molecule has 4 aromatic carbocycles. The molecular weight excluding hydrogens is 936 g/mol. The average Bonchev–Trinajstić information content (AvgIpc) is 3.03. The van der Waals surface area contributed by atoms with Gasteiger partial charge in [0.25, 0.3) is 0 Å². The lowest BCUT2D eigenvalue weighted by Gasteiger charge is -2.12. The summed E-state index contributed by atoms with van der Waals surface area (Å²) < 4.78 is 89.6. The summed E-state index contributed by atoms with van der Waals surface area (Å²) in [6.07, 6.45) is 3.62. The summed E-state index contributed by atoms with van der Waals surface area (Å²) in [6, 6.07) is 17.1. The molecule has 0 amide bonds. The van der Waals surface area contributed by atoms with Crippen molar-refractivity contribution in [3.05, 3.63) is 95.6 Å². The summed E-state index contributed by atoms with van der Waals surface area (Å²) in [4.78, 5) is -0.219. The molecule has 0 saturated carbocycles. The molecule has 18 heteroatoms. The number of alkyl halides is 2. The van der Waals surface area contributed by atoms with Gasteiger partial charge in [0, 0.05) is 12.5 Å². The highest BCUT2D eigenvalue weighted by Crippen LogP contribution is 2.35. The first-order chi connectivity index (χ1) is 23.3. The number of phenols is 1. The maximum atomic E-state index is 14.0. The summed E-state index contributed by atoms with van der Waals surface area (Å²) in [6.45, 7) is 3.96. The predicted molar refractivity (Wildman–Crippen MR) is 208 cm³/mol. The van der Waals surface area contributed by atoms with Crippen molar-refractivity contribution >= 4 is 93.3 Å². The van der Waals surface area contributed by atoms with Gasteiger partial charge in [0.15, 0.2) is 65.8 Å². The quantitative estimate of drug-likeness (QED) is 0.130. The Morgan fingerprint density at radius 2 is 1.02 bits per heavy atom. The van der Waals surface area contributed by atoms with E-state index in [1.54, 1.807) is 12.1 Å². The van der Waals surface area contributed by atoms with Gasteiger partial charge in [-0.05, 0) is 84.6 Å². The molecule has 0 aliphatic rings. The minimum absolute atomic E-state index is 0.0602. The topological polar surface area (TPSA) is 116 Å². The smallest absolute Gasteiger partial charge is 0.369 e. The Kier molecular flexibility index (Phi) is 20.3. The van der Waals surface area contributed by atoms with Crippen LogP contribution in [0.15, 0.2) is 82.6 Å². The molecule has 0 aliphatic heterocycles. The Morgan fingerprint density at radius 3 is 1.36 bits per heavy atom. The van der Waals surface area contributed by atoms with Crippen molar-refractivity contribution in [1.82, 2.24) is 0 Å². The first-order valence-corrected chi connectivity index (χ1v) is 21.8. The van der Waals surface area contributed by atoms with E-state index in [9.17, 15) is 30.7 Å². The number of methoxy groups -OCH3 is 1. The van der Waals surface area contributed by atoms with E-state index in [0.29, 0.717) is 11.5 Å². The maximum Gasteiger partial charge on any atom is 0.369 e.